The van der Waals surface area contributed by atoms with Gasteiger partial charge in [0.1, 0.15) is 0 Å². The van der Waals surface area contributed by atoms with Crippen LogP contribution in [-0.2, 0) is 14.8 Å². The van der Waals surface area contributed by atoms with Crippen molar-refractivity contribution in [3.63, 3.8) is 0 Å². The predicted molar refractivity (Wildman–Crippen MR) is 63.9 cm³/mol. The van der Waals surface area contributed by atoms with Gasteiger partial charge in [-0.3, -0.25) is 4.79 Å². The number of carbonyl (C=O) groups is 1. The molecule has 2 unspecified atom stereocenters. The van der Waals surface area contributed by atoms with Gasteiger partial charge in [-0.15, -0.1) is 0 Å². The smallest absolute Gasteiger partial charge is 0.240 e. The van der Waals surface area contributed by atoms with Crippen molar-refractivity contribution in [1.29, 1.82) is 0 Å². The van der Waals surface area contributed by atoms with E-state index in [1.54, 1.807) is 6.92 Å². The Bertz CT molecular complexity index is 369. The van der Waals surface area contributed by atoms with Crippen LogP contribution >= 0.6 is 0 Å². The summed E-state index contributed by atoms with van der Waals surface area (Å²) in [6.45, 7) is 4.07. The number of likely N-dealkylation sites (tertiary alicyclic amines) is 1. The summed E-state index contributed by atoms with van der Waals surface area (Å²) in [6.07, 6.45) is 0.581. The first kappa shape index (κ1) is 14.4. The SMILES string of the molecule is CCCS(=O)(=O)NC(C)C(=O)N1CCC(O)C1. The molecular formula is C10H20N2O4S. The minimum atomic E-state index is -3.38. The Balaban J connectivity index is 2.53. The minimum absolute atomic E-state index is 0.0211. The first-order chi connectivity index (χ1) is 7.85. The van der Waals surface area contributed by atoms with E-state index in [1.807, 2.05) is 0 Å². The molecule has 1 fully saturated rings. The van der Waals surface area contributed by atoms with Crippen molar-refractivity contribution in [3.05, 3.63) is 0 Å². The average Bonchev–Trinajstić information content (AvgIpc) is 2.62. The van der Waals surface area contributed by atoms with Crippen LogP contribution in [0, 0.1) is 0 Å². The zero-order chi connectivity index (χ0) is 13.1. The second-order valence-corrected chi connectivity index (χ2v) is 6.26. The molecule has 0 aliphatic carbocycles. The molecule has 1 saturated heterocycles. The molecule has 6 nitrogen and oxygen atoms in total. The normalized spacial score (nSPS) is 22.8. The van der Waals surface area contributed by atoms with Crippen LogP contribution in [0.25, 0.3) is 0 Å². The highest BCUT2D eigenvalue weighted by Crippen LogP contribution is 2.10. The maximum atomic E-state index is 11.9. The van der Waals surface area contributed by atoms with Gasteiger partial charge >= 0.3 is 0 Å². The second kappa shape index (κ2) is 5.79. The maximum absolute atomic E-state index is 11.9. The van der Waals surface area contributed by atoms with Crippen LogP contribution in [0.5, 0.6) is 0 Å². The second-order valence-electron chi connectivity index (χ2n) is 4.39. The number of sulfonamides is 1. The number of nitrogens with one attached hydrogen (secondary N) is 1. The van der Waals surface area contributed by atoms with Gasteiger partial charge in [0.25, 0.3) is 0 Å². The van der Waals surface area contributed by atoms with Crippen molar-refractivity contribution in [1.82, 2.24) is 9.62 Å². The van der Waals surface area contributed by atoms with Gasteiger partial charge in [-0.05, 0) is 19.8 Å². The van der Waals surface area contributed by atoms with Crippen molar-refractivity contribution >= 4 is 15.9 Å². The van der Waals surface area contributed by atoms with Crippen molar-refractivity contribution < 1.29 is 18.3 Å². The van der Waals surface area contributed by atoms with E-state index < -0.39 is 22.2 Å². The lowest BCUT2D eigenvalue weighted by molar-refractivity contribution is -0.131. The molecule has 2 atom stereocenters. The minimum Gasteiger partial charge on any atom is -0.391 e. The lowest BCUT2D eigenvalue weighted by Gasteiger charge is -2.21. The van der Waals surface area contributed by atoms with Crippen molar-refractivity contribution in [2.45, 2.75) is 38.8 Å². The molecule has 0 saturated carbocycles. The zero-order valence-electron chi connectivity index (χ0n) is 10.2. The number of rotatable bonds is 5. The van der Waals surface area contributed by atoms with Crippen LogP contribution in [0.3, 0.4) is 0 Å². The van der Waals surface area contributed by atoms with Crippen LogP contribution in [-0.4, -0.2) is 55.3 Å². The number of carbonyl (C=O) groups excluding carboxylic acids is 1. The molecule has 17 heavy (non-hydrogen) atoms. The average molecular weight is 264 g/mol. The fraction of sp³-hybridized carbons (Fsp3) is 0.900. The first-order valence-corrected chi connectivity index (χ1v) is 7.48. The standard InChI is InChI=1S/C10H20N2O4S/c1-3-6-17(15,16)11-8(2)10(14)12-5-4-9(13)7-12/h8-9,11,13H,3-7H2,1-2H3. The number of hydrogen-bond donors (Lipinski definition) is 2. The predicted octanol–water partition coefficient (Wildman–Crippen LogP) is -0.702. The molecule has 0 aromatic heterocycles. The zero-order valence-corrected chi connectivity index (χ0v) is 11.0. The monoisotopic (exact) mass is 264 g/mol. The first-order valence-electron chi connectivity index (χ1n) is 5.82. The van der Waals surface area contributed by atoms with E-state index in [2.05, 4.69) is 4.72 Å². The molecule has 1 aliphatic rings. The highest BCUT2D eigenvalue weighted by atomic mass is 32.2. The Morgan fingerprint density at radius 3 is 2.71 bits per heavy atom. The van der Waals surface area contributed by atoms with Crippen molar-refractivity contribution in [2.75, 3.05) is 18.8 Å². The fourth-order valence-corrected chi connectivity index (χ4v) is 3.16. The lowest BCUT2D eigenvalue weighted by Crippen LogP contribution is -2.46. The van der Waals surface area contributed by atoms with Gasteiger partial charge in [0.15, 0.2) is 0 Å². The highest BCUT2D eigenvalue weighted by molar-refractivity contribution is 7.89. The van der Waals surface area contributed by atoms with Crippen molar-refractivity contribution in [3.8, 4) is 0 Å². The largest absolute Gasteiger partial charge is 0.391 e. The van der Waals surface area contributed by atoms with Crippen LogP contribution in [0.4, 0.5) is 0 Å². The van der Waals surface area contributed by atoms with E-state index in [0.717, 1.165) is 0 Å². The molecule has 0 spiro atoms. The number of nitrogens with zero attached hydrogens (tertiary/aromatic N) is 1. The fourth-order valence-electron chi connectivity index (χ4n) is 1.86. The van der Waals surface area contributed by atoms with Gasteiger partial charge in [-0.25, -0.2) is 13.1 Å². The van der Waals surface area contributed by atoms with E-state index in [1.165, 1.54) is 11.8 Å². The maximum Gasteiger partial charge on any atom is 0.240 e. The molecule has 0 bridgehead atoms. The van der Waals surface area contributed by atoms with E-state index in [4.69, 9.17) is 0 Å². The Morgan fingerprint density at radius 1 is 1.59 bits per heavy atom. The van der Waals surface area contributed by atoms with Crippen LogP contribution < -0.4 is 4.72 Å². The summed E-state index contributed by atoms with van der Waals surface area (Å²) in [7, 11) is -3.38. The van der Waals surface area contributed by atoms with Gasteiger partial charge in [0.05, 0.1) is 17.9 Å². The summed E-state index contributed by atoms with van der Waals surface area (Å²) >= 11 is 0. The van der Waals surface area contributed by atoms with Crippen molar-refractivity contribution in [2.24, 2.45) is 0 Å². The molecule has 1 heterocycles. The Kier molecular flexibility index (Phi) is 4.91. The van der Waals surface area contributed by atoms with Gasteiger partial charge in [0.2, 0.25) is 15.9 Å². The number of aliphatic hydroxyl groups excluding tert-OH is 1. The molecule has 0 aromatic rings. The van der Waals surface area contributed by atoms with E-state index >= 15 is 0 Å². The third-order valence-corrected chi connectivity index (χ3v) is 4.33. The summed E-state index contributed by atoms with van der Waals surface area (Å²) < 4.78 is 25.3. The summed E-state index contributed by atoms with van der Waals surface area (Å²) in [6, 6.07) is -0.767. The van der Waals surface area contributed by atoms with E-state index in [0.29, 0.717) is 25.9 Å². The molecular weight excluding hydrogens is 244 g/mol. The Morgan fingerprint density at radius 2 is 2.24 bits per heavy atom. The molecule has 1 aliphatic heterocycles. The van der Waals surface area contributed by atoms with Crippen LogP contribution in [0.1, 0.15) is 26.7 Å². The topological polar surface area (TPSA) is 86.7 Å². The molecule has 1 amide bonds. The van der Waals surface area contributed by atoms with Crippen LogP contribution in [0.2, 0.25) is 0 Å². The molecule has 1 rings (SSSR count). The summed E-state index contributed by atoms with van der Waals surface area (Å²) in [5.74, 6) is -0.256. The van der Waals surface area contributed by atoms with Gasteiger partial charge < -0.3 is 10.0 Å². The number of hydrogen-bond acceptors (Lipinski definition) is 4. The molecule has 7 heteroatoms. The van der Waals surface area contributed by atoms with E-state index in [9.17, 15) is 18.3 Å². The van der Waals surface area contributed by atoms with E-state index in [-0.39, 0.29) is 11.7 Å². The summed E-state index contributed by atoms with van der Waals surface area (Å²) in [5.41, 5.74) is 0. The molecule has 100 valence electrons. The number of amides is 1. The van der Waals surface area contributed by atoms with Gasteiger partial charge in [0, 0.05) is 13.1 Å². The molecule has 0 aromatic carbocycles. The Hall–Kier alpha value is -0.660. The van der Waals surface area contributed by atoms with Crippen LogP contribution in [0.15, 0.2) is 0 Å². The summed E-state index contributed by atoms with van der Waals surface area (Å²) in [4.78, 5) is 13.4. The molecule has 2 N–H and O–H groups in total. The van der Waals surface area contributed by atoms with Gasteiger partial charge in [-0.1, -0.05) is 6.92 Å². The van der Waals surface area contributed by atoms with Gasteiger partial charge in [-0.2, -0.15) is 0 Å². The number of β-amino-alcohol motifs (C(OH)–C–C–N with tert-alkyl or cyclic N) is 1. The lowest BCUT2D eigenvalue weighted by atomic mass is 10.3. The number of aliphatic hydroxyl groups is 1. The summed E-state index contributed by atoms with van der Waals surface area (Å²) in [5, 5.41) is 9.31. The molecule has 0 radical (unpaired) electrons. The Labute approximate surface area is 102 Å². The quantitative estimate of drug-likeness (QED) is 0.687. The third-order valence-electron chi connectivity index (χ3n) is 2.67. The third kappa shape index (κ3) is 4.25. The highest BCUT2D eigenvalue weighted by Gasteiger charge is 2.29.